The van der Waals surface area contributed by atoms with Gasteiger partial charge in [-0.1, -0.05) is 54.6 Å². The zero-order chi connectivity index (χ0) is 23.3. The molecule has 0 spiro atoms. The van der Waals surface area contributed by atoms with Crippen LogP contribution in [0.3, 0.4) is 0 Å². The highest BCUT2D eigenvalue weighted by Gasteiger charge is 2.05. The third-order valence-electron chi connectivity index (χ3n) is 5.43. The highest BCUT2D eigenvalue weighted by Crippen LogP contribution is 2.31. The Morgan fingerprint density at radius 3 is 1.18 bits per heavy atom. The molecule has 34 heavy (non-hydrogen) atoms. The SMILES string of the molecule is Nc1cccc(Oc2ccc(-c3cccc(-c4ccc(Oc5cccc(N)c5)cc4)c3)cc2)c1. The Bertz CT molecular complexity index is 1300. The third-order valence-corrected chi connectivity index (χ3v) is 5.43. The first-order valence-electron chi connectivity index (χ1n) is 11.0. The molecular weight excluding hydrogens is 420 g/mol. The van der Waals surface area contributed by atoms with Crippen molar-refractivity contribution in [3.05, 3.63) is 121 Å². The second-order valence-electron chi connectivity index (χ2n) is 7.98. The summed E-state index contributed by atoms with van der Waals surface area (Å²) in [7, 11) is 0. The van der Waals surface area contributed by atoms with Gasteiger partial charge in [0.2, 0.25) is 0 Å². The predicted molar refractivity (Wildman–Crippen MR) is 139 cm³/mol. The van der Waals surface area contributed by atoms with Crippen LogP contribution < -0.4 is 20.9 Å². The molecule has 0 unspecified atom stereocenters. The minimum atomic E-state index is 0.676. The van der Waals surface area contributed by atoms with E-state index in [9.17, 15) is 0 Å². The molecule has 5 aromatic carbocycles. The van der Waals surface area contributed by atoms with Gasteiger partial charge in [-0.05, 0) is 76.9 Å². The monoisotopic (exact) mass is 444 g/mol. The molecular formula is C30H24N2O2. The van der Waals surface area contributed by atoms with Crippen LogP contribution in [0.5, 0.6) is 23.0 Å². The molecule has 0 amide bonds. The second kappa shape index (κ2) is 9.43. The van der Waals surface area contributed by atoms with Crippen molar-refractivity contribution >= 4 is 11.4 Å². The Morgan fingerprint density at radius 2 is 0.765 bits per heavy atom. The van der Waals surface area contributed by atoms with E-state index >= 15 is 0 Å². The van der Waals surface area contributed by atoms with E-state index in [-0.39, 0.29) is 0 Å². The molecule has 0 aliphatic heterocycles. The van der Waals surface area contributed by atoms with Crippen molar-refractivity contribution < 1.29 is 9.47 Å². The Labute approximate surface area is 199 Å². The Morgan fingerprint density at radius 1 is 0.353 bits per heavy atom. The van der Waals surface area contributed by atoms with Crippen LogP contribution in [-0.2, 0) is 0 Å². The van der Waals surface area contributed by atoms with Gasteiger partial charge in [-0.2, -0.15) is 0 Å². The van der Waals surface area contributed by atoms with Crippen molar-refractivity contribution in [2.75, 3.05) is 11.5 Å². The number of benzene rings is 5. The van der Waals surface area contributed by atoms with E-state index in [2.05, 4.69) is 48.5 Å². The highest BCUT2D eigenvalue weighted by molar-refractivity contribution is 5.73. The Kier molecular flexibility index (Phi) is 5.87. The normalized spacial score (nSPS) is 10.6. The molecule has 4 nitrogen and oxygen atoms in total. The fourth-order valence-corrected chi connectivity index (χ4v) is 3.74. The van der Waals surface area contributed by atoms with Crippen LogP contribution in [0.25, 0.3) is 22.3 Å². The first kappa shape index (κ1) is 21.2. The van der Waals surface area contributed by atoms with E-state index in [1.807, 2.05) is 72.8 Å². The van der Waals surface area contributed by atoms with E-state index in [1.165, 1.54) is 0 Å². The summed E-state index contributed by atoms with van der Waals surface area (Å²) in [5, 5.41) is 0. The summed E-state index contributed by atoms with van der Waals surface area (Å²) >= 11 is 0. The summed E-state index contributed by atoms with van der Waals surface area (Å²) in [4.78, 5) is 0. The lowest BCUT2D eigenvalue weighted by atomic mass is 9.99. The van der Waals surface area contributed by atoms with Gasteiger partial charge >= 0.3 is 0 Å². The molecule has 166 valence electrons. The van der Waals surface area contributed by atoms with Crippen molar-refractivity contribution in [1.29, 1.82) is 0 Å². The second-order valence-corrected chi connectivity index (χ2v) is 7.98. The molecule has 0 saturated heterocycles. The number of anilines is 2. The zero-order valence-electron chi connectivity index (χ0n) is 18.5. The molecule has 4 heteroatoms. The Hall–Kier alpha value is -4.70. The average Bonchev–Trinajstić information content (AvgIpc) is 2.85. The minimum absolute atomic E-state index is 0.676. The molecule has 0 radical (unpaired) electrons. The number of nitrogen functional groups attached to an aromatic ring is 2. The van der Waals surface area contributed by atoms with Crippen LogP contribution in [0.15, 0.2) is 121 Å². The lowest BCUT2D eigenvalue weighted by Crippen LogP contribution is -1.88. The molecule has 0 atom stereocenters. The van der Waals surface area contributed by atoms with E-state index in [0.717, 1.165) is 45.3 Å². The van der Waals surface area contributed by atoms with Gasteiger partial charge < -0.3 is 20.9 Å². The molecule has 4 N–H and O–H groups in total. The summed E-state index contributed by atoms with van der Waals surface area (Å²) in [5.41, 5.74) is 17.5. The fourth-order valence-electron chi connectivity index (χ4n) is 3.74. The third kappa shape index (κ3) is 5.03. The van der Waals surface area contributed by atoms with Gasteiger partial charge in [-0.15, -0.1) is 0 Å². The number of ether oxygens (including phenoxy) is 2. The maximum absolute atomic E-state index is 5.90. The number of nitrogens with two attached hydrogens (primary N) is 2. The maximum atomic E-state index is 5.90. The Balaban J connectivity index is 1.31. The lowest BCUT2D eigenvalue weighted by molar-refractivity contribution is 0.483. The molecule has 0 bridgehead atoms. The van der Waals surface area contributed by atoms with Crippen molar-refractivity contribution in [3.63, 3.8) is 0 Å². The largest absolute Gasteiger partial charge is 0.457 e. The van der Waals surface area contributed by atoms with Crippen molar-refractivity contribution in [3.8, 4) is 45.3 Å². The zero-order valence-corrected chi connectivity index (χ0v) is 18.5. The summed E-state index contributed by atoms with van der Waals surface area (Å²) in [6.45, 7) is 0. The smallest absolute Gasteiger partial charge is 0.129 e. The van der Waals surface area contributed by atoms with Crippen LogP contribution >= 0.6 is 0 Å². The molecule has 0 aliphatic carbocycles. The molecule has 0 aromatic heterocycles. The van der Waals surface area contributed by atoms with E-state index < -0.39 is 0 Å². The van der Waals surface area contributed by atoms with Crippen LogP contribution in [0.1, 0.15) is 0 Å². The van der Waals surface area contributed by atoms with Gasteiger partial charge in [-0.25, -0.2) is 0 Å². The predicted octanol–water partition coefficient (Wildman–Crippen LogP) is 7.77. The summed E-state index contributed by atoms with van der Waals surface area (Å²) in [6.07, 6.45) is 0. The number of hydrogen-bond donors (Lipinski definition) is 2. The topological polar surface area (TPSA) is 70.5 Å². The number of rotatable bonds is 6. The molecule has 5 rings (SSSR count). The van der Waals surface area contributed by atoms with Crippen molar-refractivity contribution in [1.82, 2.24) is 0 Å². The first-order chi connectivity index (χ1) is 16.6. The van der Waals surface area contributed by atoms with Crippen LogP contribution in [0.2, 0.25) is 0 Å². The lowest BCUT2D eigenvalue weighted by Gasteiger charge is -2.10. The molecule has 0 saturated carbocycles. The molecule has 0 heterocycles. The van der Waals surface area contributed by atoms with Gasteiger partial charge in [0.1, 0.15) is 23.0 Å². The van der Waals surface area contributed by atoms with Crippen LogP contribution in [0, 0.1) is 0 Å². The van der Waals surface area contributed by atoms with Crippen LogP contribution in [0.4, 0.5) is 11.4 Å². The fraction of sp³-hybridized carbons (Fsp3) is 0. The summed E-state index contributed by atoms with van der Waals surface area (Å²) in [5.74, 6) is 2.97. The van der Waals surface area contributed by atoms with E-state index in [0.29, 0.717) is 11.4 Å². The quantitative estimate of drug-likeness (QED) is 0.262. The van der Waals surface area contributed by atoms with Crippen molar-refractivity contribution in [2.24, 2.45) is 0 Å². The van der Waals surface area contributed by atoms with E-state index in [1.54, 1.807) is 0 Å². The van der Waals surface area contributed by atoms with E-state index in [4.69, 9.17) is 20.9 Å². The highest BCUT2D eigenvalue weighted by atomic mass is 16.5. The molecule has 0 fully saturated rings. The van der Waals surface area contributed by atoms with Gasteiger partial charge in [0.25, 0.3) is 0 Å². The van der Waals surface area contributed by atoms with Gasteiger partial charge in [0, 0.05) is 23.5 Å². The van der Waals surface area contributed by atoms with Gasteiger partial charge in [-0.3, -0.25) is 0 Å². The maximum Gasteiger partial charge on any atom is 0.129 e. The number of hydrogen-bond acceptors (Lipinski definition) is 4. The van der Waals surface area contributed by atoms with Crippen molar-refractivity contribution in [2.45, 2.75) is 0 Å². The summed E-state index contributed by atoms with van der Waals surface area (Å²) in [6, 6.07) is 39.4. The molecule has 5 aromatic rings. The van der Waals surface area contributed by atoms with Gasteiger partial charge in [0.05, 0.1) is 0 Å². The average molecular weight is 445 g/mol. The van der Waals surface area contributed by atoms with Gasteiger partial charge in [0.15, 0.2) is 0 Å². The first-order valence-corrected chi connectivity index (χ1v) is 11.0. The van der Waals surface area contributed by atoms with Crippen LogP contribution in [-0.4, -0.2) is 0 Å². The minimum Gasteiger partial charge on any atom is -0.457 e. The summed E-state index contributed by atoms with van der Waals surface area (Å²) < 4.78 is 11.8. The molecule has 0 aliphatic rings. The standard InChI is InChI=1S/C30H24N2O2/c31-25-6-2-8-29(19-25)33-27-14-10-21(11-15-27)23-4-1-5-24(18-23)22-12-16-28(17-13-22)34-30-9-3-7-26(32)20-30/h1-20H,31-32H2.